The van der Waals surface area contributed by atoms with Gasteiger partial charge in [0.2, 0.25) is 0 Å². The summed E-state index contributed by atoms with van der Waals surface area (Å²) in [6.45, 7) is 0. The first-order valence-corrected chi connectivity index (χ1v) is 6.98. The van der Waals surface area contributed by atoms with E-state index in [1.54, 1.807) is 0 Å². The highest BCUT2D eigenvalue weighted by molar-refractivity contribution is 6.26. The summed E-state index contributed by atoms with van der Waals surface area (Å²) < 4.78 is 0. The van der Waals surface area contributed by atoms with Gasteiger partial charge in [-0.3, -0.25) is 0 Å². The van der Waals surface area contributed by atoms with Crippen LogP contribution in [0.3, 0.4) is 0 Å². The smallest absolute Gasteiger partial charge is 0.00143 e. The van der Waals surface area contributed by atoms with E-state index in [0.717, 1.165) is 0 Å². The van der Waals surface area contributed by atoms with Crippen LogP contribution in [0.15, 0.2) is 72.8 Å². The topological polar surface area (TPSA) is 0 Å². The van der Waals surface area contributed by atoms with Crippen LogP contribution in [0.5, 0.6) is 0 Å². The summed E-state index contributed by atoms with van der Waals surface area (Å²) in [6, 6.07) is 26.4. The van der Waals surface area contributed by atoms with Gasteiger partial charge in [0.15, 0.2) is 0 Å². The van der Waals surface area contributed by atoms with Crippen molar-refractivity contribution in [3.63, 3.8) is 0 Å². The molecule has 3 aromatic carbocycles. The Kier molecular flexibility index (Phi) is 1.78. The fourth-order valence-corrected chi connectivity index (χ4v) is 3.56. The normalized spacial score (nSPS) is 12.0. The second kappa shape index (κ2) is 3.49. The van der Waals surface area contributed by atoms with Crippen LogP contribution < -0.4 is 0 Å². The van der Waals surface area contributed by atoms with Crippen LogP contribution in [0.1, 0.15) is 0 Å². The third-order valence-corrected chi connectivity index (χ3v) is 4.39. The molecule has 0 radical (unpaired) electrons. The lowest BCUT2D eigenvalue weighted by molar-refractivity contribution is 1.83. The molecule has 20 heavy (non-hydrogen) atoms. The van der Waals surface area contributed by atoms with E-state index in [0.29, 0.717) is 0 Å². The number of benzene rings is 3. The van der Waals surface area contributed by atoms with Crippen molar-refractivity contribution in [3.8, 4) is 11.1 Å². The number of hydrogen-bond acceptors (Lipinski definition) is 0. The molecule has 0 fully saturated rings. The first kappa shape index (κ1) is 10.2. The minimum atomic E-state index is 1.32. The molecule has 2 aliphatic rings. The van der Waals surface area contributed by atoms with Crippen LogP contribution in [-0.4, -0.2) is 0 Å². The second-order valence-electron chi connectivity index (χ2n) is 5.42. The molecule has 0 saturated heterocycles. The molecule has 0 aromatic heterocycles. The Labute approximate surface area is 116 Å². The molecule has 5 rings (SSSR count). The van der Waals surface area contributed by atoms with Crippen LogP contribution in [0.2, 0.25) is 0 Å². The molecule has 2 aliphatic carbocycles. The van der Waals surface area contributed by atoms with Gasteiger partial charge in [-0.25, -0.2) is 0 Å². The van der Waals surface area contributed by atoms with Gasteiger partial charge in [-0.1, -0.05) is 72.8 Å². The molecule has 0 saturated carbocycles. The zero-order chi connectivity index (χ0) is 13.1. The van der Waals surface area contributed by atoms with E-state index < -0.39 is 0 Å². The van der Waals surface area contributed by atoms with E-state index in [2.05, 4.69) is 72.8 Å². The van der Waals surface area contributed by atoms with Crippen molar-refractivity contribution in [2.45, 2.75) is 0 Å². The van der Waals surface area contributed by atoms with Crippen molar-refractivity contribution in [2.24, 2.45) is 0 Å². The quantitative estimate of drug-likeness (QED) is 0.332. The van der Waals surface area contributed by atoms with E-state index in [1.165, 1.54) is 43.4 Å². The summed E-state index contributed by atoms with van der Waals surface area (Å²) in [5.41, 5.74) is 2.77. The van der Waals surface area contributed by atoms with Gasteiger partial charge >= 0.3 is 0 Å². The number of hydrogen-bond donors (Lipinski definition) is 0. The molecule has 0 bridgehead atoms. The third-order valence-electron chi connectivity index (χ3n) is 4.39. The average Bonchev–Trinajstić information content (AvgIpc) is 2.68. The van der Waals surface area contributed by atoms with Crippen molar-refractivity contribution >= 4 is 32.3 Å². The van der Waals surface area contributed by atoms with Crippen LogP contribution in [0, 0.1) is 0 Å². The maximum Gasteiger partial charge on any atom is -0.00143 e. The summed E-state index contributed by atoms with van der Waals surface area (Å²) >= 11 is 0. The maximum atomic E-state index is 2.27. The predicted octanol–water partition coefficient (Wildman–Crippen LogP) is 5.69. The summed E-state index contributed by atoms with van der Waals surface area (Å²) in [6.07, 6.45) is 0. The molecule has 0 aliphatic heterocycles. The Morgan fingerprint density at radius 3 is 2.00 bits per heavy atom. The fraction of sp³-hybridized carbons (Fsp3) is 0. The Balaban J connectivity index is 2.23. The van der Waals surface area contributed by atoms with Crippen molar-refractivity contribution in [2.75, 3.05) is 0 Å². The van der Waals surface area contributed by atoms with Gasteiger partial charge in [-0.05, 0) is 43.4 Å². The first-order valence-electron chi connectivity index (χ1n) is 6.98. The molecule has 0 spiro atoms. The molecule has 0 heteroatoms. The SMILES string of the molecule is c1cc2c3ccccc3c3ccc4cccc(c1)c4c3-2. The highest BCUT2D eigenvalue weighted by Gasteiger charge is 2.17. The second-order valence-corrected chi connectivity index (χ2v) is 5.42. The van der Waals surface area contributed by atoms with Gasteiger partial charge in [-0.2, -0.15) is 0 Å². The van der Waals surface area contributed by atoms with Gasteiger partial charge in [-0.15, -0.1) is 0 Å². The minimum absolute atomic E-state index is 1.32. The molecule has 0 heterocycles. The molecule has 92 valence electrons. The molecule has 0 unspecified atom stereocenters. The van der Waals surface area contributed by atoms with Crippen molar-refractivity contribution in [3.05, 3.63) is 72.8 Å². The Bertz CT molecular complexity index is 1040. The van der Waals surface area contributed by atoms with Crippen LogP contribution in [0.25, 0.3) is 43.4 Å². The molecule has 0 nitrogen and oxygen atoms in total. The molecule has 0 N–H and O–H groups in total. The lowest BCUT2D eigenvalue weighted by atomic mass is 9.98. The maximum absolute atomic E-state index is 2.27. The molecule has 3 aromatic rings. The summed E-state index contributed by atoms with van der Waals surface area (Å²) in [7, 11) is 0. The van der Waals surface area contributed by atoms with Crippen molar-refractivity contribution < 1.29 is 0 Å². The fourth-order valence-electron chi connectivity index (χ4n) is 3.56. The zero-order valence-corrected chi connectivity index (χ0v) is 10.9. The van der Waals surface area contributed by atoms with Gasteiger partial charge in [0.25, 0.3) is 0 Å². The average molecular weight is 252 g/mol. The lowest BCUT2D eigenvalue weighted by Crippen LogP contribution is -1.78. The Hall–Kier alpha value is -2.60. The lowest BCUT2D eigenvalue weighted by Gasteiger charge is -2.05. The minimum Gasteiger partial charge on any atom is -0.0616 e. The Morgan fingerprint density at radius 2 is 1.15 bits per heavy atom. The summed E-state index contributed by atoms with van der Waals surface area (Å²) in [5, 5.41) is 8.12. The van der Waals surface area contributed by atoms with Gasteiger partial charge in [0.1, 0.15) is 0 Å². The van der Waals surface area contributed by atoms with Crippen molar-refractivity contribution in [1.29, 1.82) is 0 Å². The zero-order valence-electron chi connectivity index (χ0n) is 10.9. The standard InChI is InChI=1S/C20H12/c1-2-9-16-15(8-1)17-10-4-7-13-5-3-6-14-11-12-18(16)20(17)19(13)14/h1-12H. The number of fused-ring (bicyclic) bond motifs is 3. The van der Waals surface area contributed by atoms with Gasteiger partial charge in [0, 0.05) is 0 Å². The molecule has 0 atom stereocenters. The van der Waals surface area contributed by atoms with E-state index in [4.69, 9.17) is 0 Å². The molecular formula is C20H12. The van der Waals surface area contributed by atoms with Gasteiger partial charge in [0.05, 0.1) is 0 Å². The van der Waals surface area contributed by atoms with E-state index in [1.807, 2.05) is 0 Å². The Morgan fingerprint density at radius 1 is 0.450 bits per heavy atom. The van der Waals surface area contributed by atoms with Crippen LogP contribution in [-0.2, 0) is 0 Å². The first-order chi connectivity index (χ1) is 9.93. The highest BCUT2D eigenvalue weighted by Crippen LogP contribution is 2.45. The summed E-state index contributed by atoms with van der Waals surface area (Å²) in [4.78, 5) is 0. The highest BCUT2D eigenvalue weighted by atomic mass is 14.2. The number of rotatable bonds is 0. The summed E-state index contributed by atoms with van der Waals surface area (Å²) in [5.74, 6) is 0. The van der Waals surface area contributed by atoms with Crippen molar-refractivity contribution in [1.82, 2.24) is 0 Å². The van der Waals surface area contributed by atoms with Gasteiger partial charge < -0.3 is 0 Å². The van der Waals surface area contributed by atoms with E-state index in [9.17, 15) is 0 Å². The third kappa shape index (κ3) is 1.12. The van der Waals surface area contributed by atoms with Crippen LogP contribution in [0.4, 0.5) is 0 Å². The largest absolute Gasteiger partial charge is 0.0616 e. The van der Waals surface area contributed by atoms with E-state index >= 15 is 0 Å². The molecular weight excluding hydrogens is 240 g/mol. The monoisotopic (exact) mass is 252 g/mol. The predicted molar refractivity (Wildman–Crippen MR) is 86.8 cm³/mol. The van der Waals surface area contributed by atoms with E-state index in [-0.39, 0.29) is 0 Å². The van der Waals surface area contributed by atoms with Crippen LogP contribution >= 0.6 is 0 Å². The molecule has 0 amide bonds.